The first-order valence-electron chi connectivity index (χ1n) is 6.86. The molecule has 2 heterocycles. The Bertz CT molecular complexity index is 579. The summed E-state index contributed by atoms with van der Waals surface area (Å²) in [4.78, 5) is 26.2. The van der Waals surface area contributed by atoms with E-state index in [1.807, 2.05) is 30.3 Å². The molecule has 104 valence electrons. The van der Waals surface area contributed by atoms with Crippen molar-refractivity contribution in [1.29, 1.82) is 0 Å². The molecule has 0 radical (unpaired) electrons. The molecule has 1 fully saturated rings. The van der Waals surface area contributed by atoms with Crippen LogP contribution in [0.4, 0.5) is 0 Å². The normalized spacial score (nSPS) is 24.6. The first kappa shape index (κ1) is 12.9. The average molecular weight is 271 g/mol. The minimum atomic E-state index is -0.224. The smallest absolute Gasteiger partial charge is 0.310 e. The molecule has 1 aromatic carbocycles. The van der Waals surface area contributed by atoms with Crippen LogP contribution in [0.25, 0.3) is 6.08 Å². The minimum Gasteiger partial charge on any atom is -0.469 e. The molecule has 1 aromatic rings. The summed E-state index contributed by atoms with van der Waals surface area (Å²) in [6.45, 7) is 0.439. The maximum atomic E-state index is 12.7. The molecule has 4 heteroatoms. The Morgan fingerprint density at radius 2 is 2.10 bits per heavy atom. The van der Waals surface area contributed by atoms with Crippen LogP contribution in [0.1, 0.15) is 28.8 Å². The fourth-order valence-electron chi connectivity index (χ4n) is 2.99. The van der Waals surface area contributed by atoms with E-state index < -0.39 is 0 Å². The Labute approximate surface area is 118 Å². The molecule has 4 nitrogen and oxygen atoms in total. The molecule has 2 unspecified atom stereocenters. The molecule has 0 bridgehead atoms. The van der Waals surface area contributed by atoms with Crippen molar-refractivity contribution in [2.24, 2.45) is 5.92 Å². The largest absolute Gasteiger partial charge is 0.469 e. The Balaban J connectivity index is 1.92. The zero-order valence-electron chi connectivity index (χ0n) is 11.4. The highest BCUT2D eigenvalue weighted by molar-refractivity contribution is 5.99. The third-order valence-corrected chi connectivity index (χ3v) is 4.11. The van der Waals surface area contributed by atoms with E-state index in [-0.39, 0.29) is 23.8 Å². The summed E-state index contributed by atoms with van der Waals surface area (Å²) < 4.78 is 4.81. The van der Waals surface area contributed by atoms with E-state index in [9.17, 15) is 9.59 Å². The van der Waals surface area contributed by atoms with Gasteiger partial charge < -0.3 is 9.64 Å². The SMILES string of the molecule is COC(=O)C1CCC2C=Cc3ccccc3C(=O)N2C1. The molecule has 0 N–H and O–H groups in total. The van der Waals surface area contributed by atoms with Gasteiger partial charge in [0.1, 0.15) is 0 Å². The average Bonchev–Trinajstić information content (AvgIpc) is 2.64. The molecule has 3 rings (SSSR count). The van der Waals surface area contributed by atoms with Gasteiger partial charge in [-0.2, -0.15) is 0 Å². The van der Waals surface area contributed by atoms with Gasteiger partial charge in [-0.1, -0.05) is 30.4 Å². The Morgan fingerprint density at radius 3 is 2.90 bits per heavy atom. The first-order valence-corrected chi connectivity index (χ1v) is 6.86. The highest BCUT2D eigenvalue weighted by atomic mass is 16.5. The van der Waals surface area contributed by atoms with E-state index in [2.05, 4.69) is 6.08 Å². The summed E-state index contributed by atoms with van der Waals surface area (Å²) in [6, 6.07) is 7.66. The number of fused-ring (bicyclic) bond motifs is 2. The Kier molecular flexibility index (Phi) is 3.30. The lowest BCUT2D eigenvalue weighted by atomic mass is 9.92. The van der Waals surface area contributed by atoms with E-state index in [4.69, 9.17) is 4.74 Å². The fraction of sp³-hybridized carbons (Fsp3) is 0.375. The number of hydrogen-bond acceptors (Lipinski definition) is 3. The first-order chi connectivity index (χ1) is 9.70. The van der Waals surface area contributed by atoms with Crippen LogP contribution in [-0.4, -0.2) is 36.5 Å². The van der Waals surface area contributed by atoms with Gasteiger partial charge in [-0.15, -0.1) is 0 Å². The van der Waals surface area contributed by atoms with Crippen molar-refractivity contribution in [1.82, 2.24) is 4.90 Å². The predicted molar refractivity (Wildman–Crippen MR) is 75.0 cm³/mol. The van der Waals surface area contributed by atoms with Crippen molar-refractivity contribution in [3.05, 3.63) is 41.5 Å². The van der Waals surface area contributed by atoms with Crippen LogP contribution in [0.5, 0.6) is 0 Å². The van der Waals surface area contributed by atoms with Gasteiger partial charge in [-0.3, -0.25) is 9.59 Å². The van der Waals surface area contributed by atoms with Gasteiger partial charge in [0.25, 0.3) is 5.91 Å². The van der Waals surface area contributed by atoms with Crippen LogP contribution < -0.4 is 0 Å². The number of carbonyl (C=O) groups is 2. The summed E-state index contributed by atoms with van der Waals surface area (Å²) in [5.74, 6) is -0.430. The molecule has 0 saturated carbocycles. The quantitative estimate of drug-likeness (QED) is 0.735. The van der Waals surface area contributed by atoms with Crippen molar-refractivity contribution in [2.45, 2.75) is 18.9 Å². The zero-order valence-corrected chi connectivity index (χ0v) is 11.4. The van der Waals surface area contributed by atoms with Gasteiger partial charge >= 0.3 is 5.97 Å². The maximum Gasteiger partial charge on any atom is 0.310 e. The van der Waals surface area contributed by atoms with Crippen molar-refractivity contribution >= 4 is 18.0 Å². The lowest BCUT2D eigenvalue weighted by Gasteiger charge is -2.36. The molecule has 0 aliphatic carbocycles. The number of esters is 1. The monoisotopic (exact) mass is 271 g/mol. The van der Waals surface area contributed by atoms with E-state index in [1.165, 1.54) is 7.11 Å². The summed E-state index contributed by atoms with van der Waals surface area (Å²) >= 11 is 0. The number of piperidine rings is 1. The van der Waals surface area contributed by atoms with Crippen LogP contribution in [-0.2, 0) is 9.53 Å². The number of rotatable bonds is 1. The van der Waals surface area contributed by atoms with Crippen LogP contribution in [0, 0.1) is 5.92 Å². The highest BCUT2D eigenvalue weighted by Gasteiger charge is 2.36. The van der Waals surface area contributed by atoms with Crippen molar-refractivity contribution in [3.63, 3.8) is 0 Å². The summed E-state index contributed by atoms with van der Waals surface area (Å²) in [5.41, 5.74) is 1.65. The second-order valence-electron chi connectivity index (χ2n) is 5.27. The third kappa shape index (κ3) is 2.11. The van der Waals surface area contributed by atoms with Gasteiger partial charge in [-0.05, 0) is 24.5 Å². The molecule has 2 atom stereocenters. The topological polar surface area (TPSA) is 46.6 Å². The molecule has 20 heavy (non-hydrogen) atoms. The molecule has 1 amide bonds. The molecular weight excluding hydrogens is 254 g/mol. The van der Waals surface area contributed by atoms with E-state index >= 15 is 0 Å². The maximum absolute atomic E-state index is 12.7. The highest BCUT2D eigenvalue weighted by Crippen LogP contribution is 2.29. The lowest BCUT2D eigenvalue weighted by molar-refractivity contribution is -0.147. The molecular formula is C16H17NO3. The van der Waals surface area contributed by atoms with Crippen LogP contribution in [0.3, 0.4) is 0 Å². The minimum absolute atomic E-state index is 0.00389. The number of methoxy groups -OCH3 is 1. The van der Waals surface area contributed by atoms with E-state index in [0.717, 1.165) is 18.4 Å². The summed E-state index contributed by atoms with van der Waals surface area (Å²) in [6.07, 6.45) is 5.64. The number of carbonyl (C=O) groups excluding carboxylic acids is 2. The number of benzene rings is 1. The van der Waals surface area contributed by atoms with E-state index in [1.54, 1.807) is 4.90 Å². The standard InChI is InChI=1S/C16H17NO3/c1-20-16(19)12-7-9-13-8-6-11-4-2-3-5-14(11)15(18)17(13)10-12/h2-6,8,12-13H,7,9-10H2,1H3. The number of amides is 1. The second-order valence-corrected chi connectivity index (χ2v) is 5.27. The summed E-state index contributed by atoms with van der Waals surface area (Å²) in [7, 11) is 1.40. The van der Waals surface area contributed by atoms with Gasteiger partial charge in [0, 0.05) is 12.1 Å². The molecule has 0 aromatic heterocycles. The number of ether oxygens (including phenoxy) is 1. The van der Waals surface area contributed by atoms with Gasteiger partial charge in [0.2, 0.25) is 0 Å². The van der Waals surface area contributed by atoms with E-state index in [0.29, 0.717) is 12.1 Å². The molecule has 0 spiro atoms. The Hall–Kier alpha value is -2.10. The molecule has 2 aliphatic rings. The third-order valence-electron chi connectivity index (χ3n) is 4.11. The Morgan fingerprint density at radius 1 is 1.30 bits per heavy atom. The summed E-state index contributed by atoms with van der Waals surface area (Å²) in [5, 5.41) is 0. The second kappa shape index (κ2) is 5.12. The molecule has 1 saturated heterocycles. The molecule has 2 aliphatic heterocycles. The zero-order chi connectivity index (χ0) is 14.1. The van der Waals surface area contributed by atoms with Crippen LogP contribution in [0.2, 0.25) is 0 Å². The van der Waals surface area contributed by atoms with Gasteiger partial charge in [0.15, 0.2) is 0 Å². The number of nitrogens with zero attached hydrogens (tertiary/aromatic N) is 1. The fourth-order valence-corrected chi connectivity index (χ4v) is 2.99. The van der Waals surface area contributed by atoms with Crippen LogP contribution in [0.15, 0.2) is 30.3 Å². The van der Waals surface area contributed by atoms with Crippen molar-refractivity contribution in [3.8, 4) is 0 Å². The van der Waals surface area contributed by atoms with Gasteiger partial charge in [0.05, 0.1) is 19.1 Å². The van der Waals surface area contributed by atoms with Crippen molar-refractivity contribution in [2.75, 3.05) is 13.7 Å². The lowest BCUT2D eigenvalue weighted by Crippen LogP contribution is -2.47. The van der Waals surface area contributed by atoms with Gasteiger partial charge in [-0.25, -0.2) is 0 Å². The number of hydrogen-bond donors (Lipinski definition) is 0. The predicted octanol–water partition coefficient (Wildman–Crippen LogP) is 2.11. The van der Waals surface area contributed by atoms with Crippen LogP contribution >= 0.6 is 0 Å². The van der Waals surface area contributed by atoms with Crippen molar-refractivity contribution < 1.29 is 14.3 Å².